The van der Waals surface area contributed by atoms with Crippen molar-refractivity contribution in [2.45, 2.75) is 65.1 Å². The number of hydrogen-bond acceptors (Lipinski definition) is 6. The molecule has 3 fully saturated rings. The Kier molecular flexibility index (Phi) is 6.38. The minimum Gasteiger partial charge on any atom is -0.461 e. The zero-order valence-electron chi connectivity index (χ0n) is 19.3. The maximum Gasteiger partial charge on any atom is 0.336 e. The number of esters is 2. The third kappa shape index (κ3) is 3.93. The molecule has 0 aromatic rings. The summed E-state index contributed by atoms with van der Waals surface area (Å²) in [4.78, 5) is 38.8. The van der Waals surface area contributed by atoms with Crippen molar-refractivity contribution in [1.82, 2.24) is 4.90 Å². The molecule has 7 heteroatoms. The van der Waals surface area contributed by atoms with E-state index in [4.69, 9.17) is 9.47 Å². The molecule has 0 bridgehead atoms. The van der Waals surface area contributed by atoms with Gasteiger partial charge in [-0.15, -0.1) is 0 Å². The summed E-state index contributed by atoms with van der Waals surface area (Å²) in [5, 5.41) is 10.1. The van der Waals surface area contributed by atoms with Crippen molar-refractivity contribution in [2.24, 2.45) is 22.7 Å². The van der Waals surface area contributed by atoms with E-state index in [0.29, 0.717) is 18.4 Å². The highest BCUT2D eigenvalue weighted by atomic mass is 16.6. The van der Waals surface area contributed by atoms with Gasteiger partial charge in [0.25, 0.3) is 0 Å². The second-order valence-corrected chi connectivity index (χ2v) is 9.94. The van der Waals surface area contributed by atoms with Crippen LogP contribution in [0.25, 0.3) is 0 Å². The van der Waals surface area contributed by atoms with Crippen LogP contribution in [0.4, 0.5) is 0 Å². The zero-order chi connectivity index (χ0) is 23.1. The van der Waals surface area contributed by atoms with E-state index in [1.54, 1.807) is 25.1 Å². The van der Waals surface area contributed by atoms with Crippen LogP contribution in [-0.2, 0) is 23.9 Å². The lowest BCUT2D eigenvalue weighted by atomic mass is 9.45. The van der Waals surface area contributed by atoms with Crippen molar-refractivity contribution >= 4 is 17.8 Å². The van der Waals surface area contributed by atoms with Gasteiger partial charge in [-0.25, -0.2) is 4.79 Å². The quantitative estimate of drug-likeness (QED) is 0.416. The molecule has 7 nitrogen and oxygen atoms in total. The number of nitrogens with zero attached hydrogens (tertiary/aromatic N) is 1. The Hall–Kier alpha value is -2.15. The fraction of sp³-hybridized carbons (Fsp3) is 0.708. The largest absolute Gasteiger partial charge is 0.461 e. The molecule has 0 spiro atoms. The Morgan fingerprint density at radius 1 is 1.32 bits per heavy atom. The van der Waals surface area contributed by atoms with Crippen molar-refractivity contribution in [2.75, 3.05) is 20.7 Å². The monoisotopic (exact) mass is 433 g/mol. The van der Waals surface area contributed by atoms with E-state index >= 15 is 0 Å². The number of rotatable bonds is 4. The maximum absolute atomic E-state index is 13.5. The lowest BCUT2D eigenvalue weighted by Crippen LogP contribution is -2.62. The molecule has 0 unspecified atom stereocenters. The van der Waals surface area contributed by atoms with Gasteiger partial charge in [-0.2, -0.15) is 0 Å². The summed E-state index contributed by atoms with van der Waals surface area (Å²) in [5.74, 6) is -0.841. The van der Waals surface area contributed by atoms with E-state index in [1.807, 2.05) is 6.92 Å². The number of amides is 1. The van der Waals surface area contributed by atoms with Crippen molar-refractivity contribution in [3.8, 4) is 0 Å². The van der Waals surface area contributed by atoms with E-state index in [-0.39, 0.29) is 35.7 Å². The molecule has 6 atom stereocenters. The molecule has 2 saturated carbocycles. The molecule has 0 radical (unpaired) electrons. The number of carbonyl (C=O) groups excluding carboxylic acids is 3. The van der Waals surface area contributed by atoms with Crippen LogP contribution >= 0.6 is 0 Å². The number of ether oxygens (including phenoxy) is 2. The van der Waals surface area contributed by atoms with E-state index in [0.717, 1.165) is 24.8 Å². The number of fused-ring (bicyclic) bond motifs is 1. The predicted octanol–water partition coefficient (Wildman–Crippen LogP) is 2.63. The summed E-state index contributed by atoms with van der Waals surface area (Å²) < 4.78 is 10.6. The molecule has 1 heterocycles. The molecule has 1 saturated heterocycles. The highest BCUT2D eigenvalue weighted by Gasteiger charge is 2.62. The highest BCUT2D eigenvalue weighted by molar-refractivity contribution is 5.91. The van der Waals surface area contributed by atoms with E-state index in [1.165, 1.54) is 6.92 Å². The maximum atomic E-state index is 13.5. The van der Waals surface area contributed by atoms with Crippen molar-refractivity contribution < 1.29 is 29.0 Å². The molecular formula is C24H35NO6. The summed E-state index contributed by atoms with van der Waals surface area (Å²) in [6.45, 7) is 9.84. The minimum absolute atomic E-state index is 0.00432. The van der Waals surface area contributed by atoms with Crippen LogP contribution in [0, 0.1) is 22.7 Å². The topological polar surface area (TPSA) is 93.1 Å². The first kappa shape index (κ1) is 23.5. The van der Waals surface area contributed by atoms with E-state index in [9.17, 15) is 19.5 Å². The fourth-order valence-electron chi connectivity index (χ4n) is 6.36. The number of hydrogen-bond donors (Lipinski definition) is 1. The number of cyclic esters (lactones) is 1. The predicted molar refractivity (Wildman–Crippen MR) is 115 cm³/mol. The number of carbonyl (C=O) groups is 3. The molecule has 0 aromatic carbocycles. The average molecular weight is 434 g/mol. The molecule has 2 aliphatic carbocycles. The SMILES string of the molecule is C=C1CC[C@H]2[C@@](C)(CC[C@@H](OC(C)=O)[C@@]2(C)C(=O)N(C)C)[C@@H]1C/C=C1/C(=O)OC[C@H]1O. The smallest absolute Gasteiger partial charge is 0.336 e. The van der Waals surface area contributed by atoms with Gasteiger partial charge in [0.2, 0.25) is 5.91 Å². The van der Waals surface area contributed by atoms with Gasteiger partial charge < -0.3 is 19.5 Å². The standard InChI is InChI=1S/C24H35NO6/c1-14-7-10-19-23(3,17(14)9-8-16-18(27)13-30-21(16)28)12-11-20(31-15(2)26)24(19,4)22(29)25(5)6/h8,17-20,27H,1,7,9-13H2,2-6H3/b16-8+/t17-,18-,19+,20-,23+,24+/m1/s1. The van der Waals surface area contributed by atoms with E-state index < -0.39 is 23.6 Å². The number of aliphatic hydroxyl groups is 1. The van der Waals surface area contributed by atoms with Crippen LogP contribution in [-0.4, -0.2) is 60.8 Å². The normalized spacial score (nSPS) is 39.1. The van der Waals surface area contributed by atoms with Gasteiger partial charge in [0.05, 0.1) is 11.0 Å². The molecule has 31 heavy (non-hydrogen) atoms. The van der Waals surface area contributed by atoms with Crippen LogP contribution in [0.3, 0.4) is 0 Å². The second kappa shape index (κ2) is 8.41. The molecule has 0 aromatic heterocycles. The van der Waals surface area contributed by atoms with Crippen LogP contribution < -0.4 is 0 Å². The van der Waals surface area contributed by atoms with Gasteiger partial charge in [0, 0.05) is 21.0 Å². The molecular weight excluding hydrogens is 398 g/mol. The molecule has 3 rings (SSSR count). The molecule has 172 valence electrons. The van der Waals surface area contributed by atoms with Crippen molar-refractivity contribution in [3.63, 3.8) is 0 Å². The first-order valence-electron chi connectivity index (χ1n) is 11.0. The van der Waals surface area contributed by atoms with Crippen LogP contribution in [0.15, 0.2) is 23.8 Å². The minimum atomic E-state index is -0.895. The first-order chi connectivity index (χ1) is 14.4. The van der Waals surface area contributed by atoms with Gasteiger partial charge in [-0.05, 0) is 56.3 Å². The van der Waals surface area contributed by atoms with Crippen molar-refractivity contribution in [1.29, 1.82) is 0 Å². The van der Waals surface area contributed by atoms with Gasteiger partial charge in [0.1, 0.15) is 18.8 Å². The van der Waals surface area contributed by atoms with Crippen molar-refractivity contribution in [3.05, 3.63) is 23.8 Å². The Labute approximate surface area is 184 Å². The van der Waals surface area contributed by atoms with Crippen LogP contribution in [0.2, 0.25) is 0 Å². The van der Waals surface area contributed by atoms with Gasteiger partial charge in [-0.1, -0.05) is 25.2 Å². The van der Waals surface area contributed by atoms with Crippen LogP contribution in [0.5, 0.6) is 0 Å². The zero-order valence-corrected chi connectivity index (χ0v) is 19.3. The number of aliphatic hydroxyl groups excluding tert-OH is 1. The molecule has 1 aliphatic heterocycles. The third-order valence-corrected chi connectivity index (χ3v) is 7.89. The van der Waals surface area contributed by atoms with Gasteiger partial charge in [0.15, 0.2) is 0 Å². The summed E-state index contributed by atoms with van der Waals surface area (Å²) in [5.41, 5.74) is 0.304. The Morgan fingerprint density at radius 2 is 2.00 bits per heavy atom. The van der Waals surface area contributed by atoms with E-state index in [2.05, 4.69) is 13.5 Å². The lowest BCUT2D eigenvalue weighted by Gasteiger charge is -2.60. The summed E-state index contributed by atoms with van der Waals surface area (Å²) in [6.07, 6.45) is 3.90. The molecule has 1 amide bonds. The Bertz CT molecular complexity index is 817. The lowest BCUT2D eigenvalue weighted by molar-refractivity contribution is -0.188. The summed E-state index contributed by atoms with van der Waals surface area (Å²) in [6, 6.07) is 0. The Morgan fingerprint density at radius 3 is 2.55 bits per heavy atom. The average Bonchev–Trinajstić information content (AvgIpc) is 3.00. The van der Waals surface area contributed by atoms with Gasteiger partial charge in [-0.3, -0.25) is 9.59 Å². The second-order valence-electron chi connectivity index (χ2n) is 9.94. The fourth-order valence-corrected chi connectivity index (χ4v) is 6.36. The Balaban J connectivity index is 1.98. The first-order valence-corrected chi connectivity index (χ1v) is 11.0. The highest BCUT2D eigenvalue weighted by Crippen LogP contribution is 2.62. The molecule has 3 aliphatic rings. The number of allylic oxidation sites excluding steroid dienone is 2. The molecule has 1 N–H and O–H groups in total. The van der Waals surface area contributed by atoms with Gasteiger partial charge >= 0.3 is 11.9 Å². The van der Waals surface area contributed by atoms with Crippen LogP contribution in [0.1, 0.15) is 52.9 Å². The summed E-state index contributed by atoms with van der Waals surface area (Å²) >= 11 is 0. The summed E-state index contributed by atoms with van der Waals surface area (Å²) in [7, 11) is 3.47. The third-order valence-electron chi connectivity index (χ3n) is 7.89.